The Kier molecular flexibility index (Phi) is 3.59. The fourth-order valence-electron chi connectivity index (χ4n) is 2.68. The van der Waals surface area contributed by atoms with Crippen molar-refractivity contribution >= 4 is 45.4 Å². The van der Waals surface area contributed by atoms with Crippen LogP contribution < -0.4 is 0 Å². The first-order valence-electron chi connectivity index (χ1n) is 7.44. The Bertz CT molecular complexity index is 901. The minimum Gasteiger partial charge on any atom is -0.172 e. The highest BCUT2D eigenvalue weighted by atomic mass is 32.1. The van der Waals surface area contributed by atoms with Gasteiger partial charge in [-0.1, -0.05) is 12.1 Å². The van der Waals surface area contributed by atoms with Gasteiger partial charge in [-0.3, -0.25) is 0 Å². The van der Waals surface area contributed by atoms with Crippen LogP contribution in [0.15, 0.2) is 24.3 Å². The van der Waals surface area contributed by atoms with Crippen LogP contribution in [0.25, 0.3) is 31.9 Å². The number of nitrogens with zero attached hydrogens (tertiary/aromatic N) is 2. The van der Waals surface area contributed by atoms with Gasteiger partial charge in [0.05, 0.1) is 11.7 Å². The minimum atomic E-state index is 1.03. The second kappa shape index (κ2) is 5.51. The average Bonchev–Trinajstić information content (AvgIpc) is 3.20. The quantitative estimate of drug-likeness (QED) is 0.416. The van der Waals surface area contributed by atoms with Crippen molar-refractivity contribution < 1.29 is 0 Å². The summed E-state index contributed by atoms with van der Waals surface area (Å²) < 4.78 is 9.18. The maximum atomic E-state index is 4.59. The highest BCUT2D eigenvalue weighted by molar-refractivity contribution is 7.16. The summed E-state index contributed by atoms with van der Waals surface area (Å²) in [6.07, 6.45) is 0. The van der Waals surface area contributed by atoms with E-state index in [9.17, 15) is 0 Å². The third-order valence-electron chi connectivity index (χ3n) is 4.28. The molecule has 0 aliphatic carbocycles. The number of benzene rings is 1. The predicted molar refractivity (Wildman–Crippen MR) is 103 cm³/mol. The molecule has 1 aromatic carbocycles. The van der Waals surface area contributed by atoms with Gasteiger partial charge in [-0.15, -0.1) is 22.7 Å². The number of rotatable bonds is 2. The zero-order valence-corrected chi connectivity index (χ0v) is 15.9. The van der Waals surface area contributed by atoms with Crippen molar-refractivity contribution in [2.45, 2.75) is 27.7 Å². The summed E-state index contributed by atoms with van der Waals surface area (Å²) in [4.78, 5) is 5.29. The molecule has 23 heavy (non-hydrogen) atoms. The number of aryl methyl sites for hydroxylation is 4. The molecule has 3 aromatic heterocycles. The Morgan fingerprint density at radius 1 is 0.696 bits per heavy atom. The van der Waals surface area contributed by atoms with Gasteiger partial charge in [0.1, 0.15) is 11.0 Å². The van der Waals surface area contributed by atoms with E-state index in [-0.39, 0.29) is 0 Å². The number of thiophene rings is 2. The molecule has 0 aliphatic heterocycles. The molecule has 0 fully saturated rings. The number of fused-ring (bicyclic) bond motifs is 1. The SMILES string of the molecule is Cc1cc(-c2ccc(-c3cc(C)c(C)s3)c3nsnc23)sc1C. The molecule has 4 rings (SSSR count). The van der Waals surface area contributed by atoms with Crippen LogP contribution in [0.2, 0.25) is 0 Å². The molecule has 0 N–H and O–H groups in total. The Labute approximate surface area is 147 Å². The lowest BCUT2D eigenvalue weighted by Gasteiger charge is -2.03. The van der Waals surface area contributed by atoms with Gasteiger partial charge in [-0.2, -0.15) is 8.75 Å². The molecule has 116 valence electrons. The van der Waals surface area contributed by atoms with E-state index in [4.69, 9.17) is 0 Å². The normalized spacial score (nSPS) is 11.5. The van der Waals surface area contributed by atoms with Gasteiger partial charge in [0, 0.05) is 30.6 Å². The maximum Gasteiger partial charge on any atom is 0.114 e. The molecular formula is C18H16N2S3. The lowest BCUT2D eigenvalue weighted by atomic mass is 10.0. The van der Waals surface area contributed by atoms with Crippen molar-refractivity contribution in [1.82, 2.24) is 8.75 Å². The van der Waals surface area contributed by atoms with Crippen LogP contribution in [0.3, 0.4) is 0 Å². The monoisotopic (exact) mass is 356 g/mol. The van der Waals surface area contributed by atoms with Crippen molar-refractivity contribution in [3.63, 3.8) is 0 Å². The van der Waals surface area contributed by atoms with Crippen LogP contribution in [-0.4, -0.2) is 8.75 Å². The third kappa shape index (κ3) is 2.43. The molecule has 0 atom stereocenters. The van der Waals surface area contributed by atoms with Crippen molar-refractivity contribution in [2.75, 3.05) is 0 Å². The first-order valence-corrected chi connectivity index (χ1v) is 9.81. The van der Waals surface area contributed by atoms with E-state index in [2.05, 4.69) is 60.7 Å². The van der Waals surface area contributed by atoms with Crippen molar-refractivity contribution in [3.8, 4) is 20.9 Å². The molecule has 0 unspecified atom stereocenters. The van der Waals surface area contributed by atoms with Crippen LogP contribution in [0, 0.1) is 27.7 Å². The van der Waals surface area contributed by atoms with Crippen molar-refractivity contribution in [3.05, 3.63) is 45.1 Å². The topological polar surface area (TPSA) is 25.8 Å². The molecule has 0 radical (unpaired) electrons. The summed E-state index contributed by atoms with van der Waals surface area (Å²) in [7, 11) is 0. The Morgan fingerprint density at radius 3 is 1.48 bits per heavy atom. The largest absolute Gasteiger partial charge is 0.172 e. The molecule has 3 heterocycles. The third-order valence-corrected chi connectivity index (χ3v) is 7.18. The lowest BCUT2D eigenvalue weighted by molar-refractivity contribution is 1.44. The molecule has 2 nitrogen and oxygen atoms in total. The molecule has 0 saturated heterocycles. The summed E-state index contributed by atoms with van der Waals surface area (Å²) in [6, 6.07) is 8.92. The van der Waals surface area contributed by atoms with Gasteiger partial charge in [-0.25, -0.2) is 0 Å². The van der Waals surface area contributed by atoms with Gasteiger partial charge in [0.15, 0.2) is 0 Å². The van der Waals surface area contributed by atoms with Gasteiger partial charge in [0.2, 0.25) is 0 Å². The zero-order chi connectivity index (χ0) is 16.1. The molecule has 4 aromatic rings. The molecule has 0 spiro atoms. The molecule has 0 amide bonds. The smallest absolute Gasteiger partial charge is 0.114 e. The standard InChI is InChI=1S/C18H16N2S3/c1-9-7-15(21-11(9)3)13-5-6-14(18-17(13)19-23-20-18)16-8-10(2)12(4)22-16/h5-8H,1-4H3. The molecule has 5 heteroatoms. The summed E-state index contributed by atoms with van der Waals surface area (Å²) >= 11 is 4.97. The summed E-state index contributed by atoms with van der Waals surface area (Å²) in [5.41, 5.74) is 7.13. The summed E-state index contributed by atoms with van der Waals surface area (Å²) in [6.45, 7) is 8.67. The summed E-state index contributed by atoms with van der Waals surface area (Å²) in [5, 5.41) is 0. The Balaban J connectivity index is 1.94. The van der Waals surface area contributed by atoms with E-state index < -0.39 is 0 Å². The van der Waals surface area contributed by atoms with Gasteiger partial charge < -0.3 is 0 Å². The predicted octanol–water partition coefficient (Wildman–Crippen LogP) is 6.38. The minimum absolute atomic E-state index is 1.03. The van der Waals surface area contributed by atoms with E-state index in [1.54, 1.807) is 0 Å². The van der Waals surface area contributed by atoms with Crippen LogP contribution in [0.1, 0.15) is 20.9 Å². The first kappa shape index (κ1) is 15.0. The van der Waals surface area contributed by atoms with Crippen LogP contribution in [0.4, 0.5) is 0 Å². The second-order valence-corrected chi connectivity index (χ2v) is 8.86. The number of hydrogen-bond donors (Lipinski definition) is 0. The molecular weight excluding hydrogens is 340 g/mol. The zero-order valence-electron chi connectivity index (χ0n) is 13.4. The molecule has 0 bridgehead atoms. The maximum absolute atomic E-state index is 4.59. The summed E-state index contributed by atoms with van der Waals surface area (Å²) in [5.74, 6) is 0. The Morgan fingerprint density at radius 2 is 1.13 bits per heavy atom. The van der Waals surface area contributed by atoms with Crippen molar-refractivity contribution in [2.24, 2.45) is 0 Å². The van der Waals surface area contributed by atoms with Gasteiger partial charge in [-0.05, 0) is 51.0 Å². The number of aromatic nitrogens is 2. The lowest BCUT2D eigenvalue weighted by Crippen LogP contribution is -1.82. The highest BCUT2D eigenvalue weighted by Crippen LogP contribution is 2.40. The number of hydrogen-bond acceptors (Lipinski definition) is 5. The fraction of sp³-hybridized carbons (Fsp3) is 0.222. The van der Waals surface area contributed by atoms with Gasteiger partial charge >= 0.3 is 0 Å². The second-order valence-electron chi connectivity index (χ2n) is 5.82. The van der Waals surface area contributed by atoms with Crippen LogP contribution in [0.5, 0.6) is 0 Å². The van der Waals surface area contributed by atoms with E-state index in [1.807, 2.05) is 22.7 Å². The Hall–Kier alpha value is -1.56. The highest BCUT2D eigenvalue weighted by Gasteiger charge is 2.16. The van der Waals surface area contributed by atoms with E-state index in [0.29, 0.717) is 0 Å². The fourth-order valence-corrected chi connectivity index (χ4v) is 5.37. The van der Waals surface area contributed by atoms with E-state index in [1.165, 1.54) is 53.5 Å². The van der Waals surface area contributed by atoms with Crippen LogP contribution >= 0.6 is 34.4 Å². The van der Waals surface area contributed by atoms with Crippen LogP contribution in [-0.2, 0) is 0 Å². The van der Waals surface area contributed by atoms with Crippen molar-refractivity contribution in [1.29, 1.82) is 0 Å². The first-order chi connectivity index (χ1) is 11.0. The van der Waals surface area contributed by atoms with E-state index >= 15 is 0 Å². The van der Waals surface area contributed by atoms with E-state index in [0.717, 1.165) is 11.0 Å². The molecule has 0 aliphatic rings. The van der Waals surface area contributed by atoms with Gasteiger partial charge in [0.25, 0.3) is 0 Å². The average molecular weight is 357 g/mol. The molecule has 0 saturated carbocycles.